The topological polar surface area (TPSA) is 62.5 Å². The second kappa shape index (κ2) is 6.54. The summed E-state index contributed by atoms with van der Waals surface area (Å²) in [5.74, 6) is 0. The maximum Gasteiger partial charge on any atom is 0.314 e. The lowest BCUT2D eigenvalue weighted by molar-refractivity contribution is 0.211. The van der Waals surface area contributed by atoms with Crippen LogP contribution in [0.4, 0.5) is 9.93 Å². The van der Waals surface area contributed by atoms with Crippen LogP contribution in [0.25, 0.3) is 11.3 Å². The molecule has 5 nitrogen and oxygen atoms in total. The summed E-state index contributed by atoms with van der Waals surface area (Å²) >= 11 is 7.83. The van der Waals surface area contributed by atoms with Gasteiger partial charge in [0, 0.05) is 42.1 Å². The largest absolute Gasteiger partial charge is 0.351 e. The maximum atomic E-state index is 11.3. The molecular weight excluding hydrogens is 320 g/mol. The van der Waals surface area contributed by atoms with Gasteiger partial charge in [0.05, 0.1) is 5.69 Å². The highest BCUT2D eigenvalue weighted by atomic mass is 35.5. The van der Waals surface area contributed by atoms with Crippen molar-refractivity contribution < 1.29 is 4.79 Å². The smallest absolute Gasteiger partial charge is 0.314 e. The Bertz CT molecular complexity index is 675. The van der Waals surface area contributed by atoms with Gasteiger partial charge in [-0.3, -0.25) is 0 Å². The van der Waals surface area contributed by atoms with Crippen molar-refractivity contribution >= 4 is 34.1 Å². The van der Waals surface area contributed by atoms with Gasteiger partial charge in [0.15, 0.2) is 5.13 Å². The molecule has 2 heterocycles. The number of carbonyl (C=O) groups is 1. The fraction of sp³-hybridized carbons (Fsp3) is 0.333. The number of nitrogens with two attached hydrogens (primary N) is 1. The molecule has 3 rings (SSSR count). The summed E-state index contributed by atoms with van der Waals surface area (Å²) in [5.41, 5.74) is 7.19. The quantitative estimate of drug-likeness (QED) is 0.916. The van der Waals surface area contributed by atoms with Crippen LogP contribution < -0.4 is 10.6 Å². The second-order valence-electron chi connectivity index (χ2n) is 5.16. The molecule has 0 unspecified atom stereocenters. The summed E-state index contributed by atoms with van der Waals surface area (Å²) < 4.78 is 0. The van der Waals surface area contributed by atoms with Crippen LogP contribution in [0.3, 0.4) is 0 Å². The molecule has 2 amide bonds. The molecule has 1 aliphatic rings. The fourth-order valence-corrected chi connectivity index (χ4v) is 3.64. The van der Waals surface area contributed by atoms with Crippen molar-refractivity contribution in [1.29, 1.82) is 0 Å². The van der Waals surface area contributed by atoms with Crippen molar-refractivity contribution in [2.75, 3.05) is 31.1 Å². The Morgan fingerprint density at radius 2 is 2.05 bits per heavy atom. The first-order valence-corrected chi connectivity index (χ1v) is 8.40. The Labute approximate surface area is 138 Å². The van der Waals surface area contributed by atoms with Gasteiger partial charge in [-0.05, 0) is 12.5 Å². The van der Waals surface area contributed by atoms with Crippen LogP contribution in [0, 0.1) is 0 Å². The first kappa shape index (κ1) is 15.1. The third-order valence-electron chi connectivity index (χ3n) is 3.72. The number of amides is 2. The zero-order valence-corrected chi connectivity index (χ0v) is 13.6. The Balaban J connectivity index is 1.77. The van der Waals surface area contributed by atoms with Crippen LogP contribution in [-0.2, 0) is 0 Å². The van der Waals surface area contributed by atoms with Gasteiger partial charge in [0.1, 0.15) is 0 Å². The Kier molecular flexibility index (Phi) is 4.49. The second-order valence-corrected chi connectivity index (χ2v) is 6.40. The standard InChI is InChI=1S/C15H17ClN4OS/c16-12-5-2-1-4-11(12)13-10-22-15(18-13)20-7-3-6-19(8-9-20)14(17)21/h1-2,4-5,10H,3,6-9H2,(H2,17,21). The lowest BCUT2D eigenvalue weighted by atomic mass is 10.2. The molecule has 0 saturated carbocycles. The van der Waals surface area contributed by atoms with E-state index >= 15 is 0 Å². The van der Waals surface area contributed by atoms with E-state index in [1.54, 1.807) is 16.2 Å². The van der Waals surface area contributed by atoms with Crippen molar-refractivity contribution in [2.45, 2.75) is 6.42 Å². The third-order valence-corrected chi connectivity index (χ3v) is 4.95. The number of hydrogen-bond acceptors (Lipinski definition) is 4. The maximum absolute atomic E-state index is 11.3. The highest BCUT2D eigenvalue weighted by Gasteiger charge is 2.19. The predicted molar refractivity (Wildman–Crippen MR) is 90.5 cm³/mol. The number of anilines is 1. The van der Waals surface area contributed by atoms with E-state index in [9.17, 15) is 4.79 Å². The number of carbonyl (C=O) groups excluding carboxylic acids is 1. The van der Waals surface area contributed by atoms with Crippen LogP contribution >= 0.6 is 22.9 Å². The summed E-state index contributed by atoms with van der Waals surface area (Å²) in [5, 5.41) is 3.68. The van der Waals surface area contributed by atoms with Gasteiger partial charge in [-0.2, -0.15) is 0 Å². The van der Waals surface area contributed by atoms with Gasteiger partial charge in [-0.15, -0.1) is 11.3 Å². The van der Waals surface area contributed by atoms with E-state index in [0.717, 1.165) is 35.9 Å². The molecule has 1 saturated heterocycles. The van der Waals surface area contributed by atoms with Gasteiger partial charge in [0.2, 0.25) is 0 Å². The van der Waals surface area contributed by atoms with Crippen molar-refractivity contribution in [3.8, 4) is 11.3 Å². The summed E-state index contributed by atoms with van der Waals surface area (Å²) in [6.07, 6.45) is 0.893. The van der Waals surface area contributed by atoms with Gasteiger partial charge in [-0.1, -0.05) is 29.8 Å². The number of aromatic nitrogens is 1. The molecule has 0 spiro atoms. The number of benzene rings is 1. The highest BCUT2D eigenvalue weighted by Crippen LogP contribution is 2.32. The number of thiazole rings is 1. The molecule has 0 bridgehead atoms. The average molecular weight is 337 g/mol. The van der Waals surface area contributed by atoms with Crippen molar-refractivity contribution in [3.05, 3.63) is 34.7 Å². The highest BCUT2D eigenvalue weighted by molar-refractivity contribution is 7.14. The van der Waals surface area contributed by atoms with E-state index in [1.807, 2.05) is 29.6 Å². The van der Waals surface area contributed by atoms with Crippen molar-refractivity contribution in [2.24, 2.45) is 5.73 Å². The Hall–Kier alpha value is -1.79. The van der Waals surface area contributed by atoms with Gasteiger partial charge >= 0.3 is 6.03 Å². The number of halogens is 1. The zero-order valence-electron chi connectivity index (χ0n) is 12.0. The average Bonchev–Trinajstić information content (AvgIpc) is 2.85. The van der Waals surface area contributed by atoms with Crippen molar-refractivity contribution in [3.63, 3.8) is 0 Å². The first-order chi connectivity index (χ1) is 10.6. The third kappa shape index (κ3) is 3.18. The van der Waals surface area contributed by atoms with Gasteiger partial charge in [0.25, 0.3) is 0 Å². The molecule has 0 radical (unpaired) electrons. The molecule has 22 heavy (non-hydrogen) atoms. The minimum absolute atomic E-state index is 0.349. The van der Waals surface area contributed by atoms with Crippen LogP contribution in [-0.4, -0.2) is 42.1 Å². The molecule has 0 aliphatic carbocycles. The lowest BCUT2D eigenvalue weighted by Crippen LogP contribution is -2.38. The van der Waals surface area contributed by atoms with Crippen LogP contribution in [0.2, 0.25) is 5.02 Å². The molecule has 1 fully saturated rings. The molecule has 116 valence electrons. The summed E-state index contributed by atoms with van der Waals surface area (Å²) in [6, 6.07) is 7.35. The summed E-state index contributed by atoms with van der Waals surface area (Å²) in [4.78, 5) is 19.9. The van der Waals surface area contributed by atoms with Gasteiger partial charge < -0.3 is 15.5 Å². The van der Waals surface area contributed by atoms with Crippen LogP contribution in [0.5, 0.6) is 0 Å². The predicted octanol–water partition coefficient (Wildman–Crippen LogP) is 3.05. The van der Waals surface area contributed by atoms with Gasteiger partial charge in [-0.25, -0.2) is 9.78 Å². The van der Waals surface area contributed by atoms with E-state index in [2.05, 4.69) is 4.90 Å². The van der Waals surface area contributed by atoms with E-state index in [1.165, 1.54) is 0 Å². The minimum atomic E-state index is -0.349. The SMILES string of the molecule is NC(=O)N1CCCN(c2nc(-c3ccccc3Cl)cs2)CC1. The van der Waals surface area contributed by atoms with Crippen LogP contribution in [0.15, 0.2) is 29.6 Å². The van der Waals surface area contributed by atoms with E-state index in [-0.39, 0.29) is 6.03 Å². The number of nitrogens with zero attached hydrogens (tertiary/aromatic N) is 3. The van der Waals surface area contributed by atoms with E-state index in [4.69, 9.17) is 22.3 Å². The van der Waals surface area contributed by atoms with Crippen LogP contribution in [0.1, 0.15) is 6.42 Å². The number of rotatable bonds is 2. The minimum Gasteiger partial charge on any atom is -0.351 e. The summed E-state index contributed by atoms with van der Waals surface area (Å²) in [7, 11) is 0. The molecule has 7 heteroatoms. The molecular formula is C15H17ClN4OS. The Morgan fingerprint density at radius 3 is 2.82 bits per heavy atom. The van der Waals surface area contributed by atoms with Crippen molar-refractivity contribution in [1.82, 2.24) is 9.88 Å². The fourth-order valence-electron chi connectivity index (χ4n) is 2.53. The lowest BCUT2D eigenvalue weighted by Gasteiger charge is -2.20. The molecule has 1 aromatic heterocycles. The zero-order chi connectivity index (χ0) is 15.5. The van der Waals surface area contributed by atoms with E-state index < -0.39 is 0 Å². The number of urea groups is 1. The normalized spacial score (nSPS) is 15.7. The molecule has 2 N–H and O–H groups in total. The summed E-state index contributed by atoms with van der Waals surface area (Å²) in [6.45, 7) is 2.96. The molecule has 0 atom stereocenters. The monoisotopic (exact) mass is 336 g/mol. The molecule has 1 aromatic carbocycles. The first-order valence-electron chi connectivity index (χ1n) is 7.15. The molecule has 1 aliphatic heterocycles. The number of primary amides is 1. The number of hydrogen-bond donors (Lipinski definition) is 1. The molecule has 2 aromatic rings. The Morgan fingerprint density at radius 1 is 1.23 bits per heavy atom. The van der Waals surface area contributed by atoms with E-state index in [0.29, 0.717) is 18.1 Å².